The SMILES string of the molecule is CC1CCCCN1S(=O)(=O)c1ccc(C(=O)N(CCCN2CCOCC2)c2nc3ccccc3s2)cc1. The van der Waals surface area contributed by atoms with Crippen molar-refractivity contribution in [3.05, 3.63) is 54.1 Å². The smallest absolute Gasteiger partial charge is 0.260 e. The zero-order valence-electron chi connectivity index (χ0n) is 21.2. The molecule has 0 spiro atoms. The molecule has 1 aromatic heterocycles. The average Bonchev–Trinajstić information content (AvgIpc) is 3.35. The number of morpholine rings is 1. The van der Waals surface area contributed by atoms with E-state index in [4.69, 9.17) is 9.72 Å². The maximum Gasteiger partial charge on any atom is 0.260 e. The zero-order chi connectivity index (χ0) is 25.8. The monoisotopic (exact) mass is 542 g/mol. The van der Waals surface area contributed by atoms with E-state index in [-0.39, 0.29) is 16.8 Å². The molecule has 0 saturated carbocycles. The topological polar surface area (TPSA) is 83.1 Å². The average molecular weight is 543 g/mol. The summed E-state index contributed by atoms with van der Waals surface area (Å²) in [5.74, 6) is -0.170. The molecule has 2 fully saturated rings. The van der Waals surface area contributed by atoms with Crippen LogP contribution < -0.4 is 4.90 Å². The Morgan fingerprint density at radius 1 is 1.08 bits per heavy atom. The molecule has 1 unspecified atom stereocenters. The standard InChI is InChI=1S/C27H34N4O4S2/c1-21-7-4-5-16-31(21)37(33,34)23-12-10-22(11-13-23)26(32)30(15-6-14-29-17-19-35-20-18-29)27-28-24-8-2-3-9-25(24)36-27/h2-3,8-13,21H,4-7,14-20H2,1H3. The van der Waals surface area contributed by atoms with Crippen LogP contribution in [0.1, 0.15) is 43.0 Å². The van der Waals surface area contributed by atoms with Crippen LogP contribution in [0.15, 0.2) is 53.4 Å². The van der Waals surface area contributed by atoms with Crippen molar-refractivity contribution >= 4 is 42.6 Å². The van der Waals surface area contributed by atoms with Crippen LogP contribution >= 0.6 is 11.3 Å². The zero-order valence-corrected chi connectivity index (χ0v) is 22.8. The molecule has 2 aromatic carbocycles. The number of hydrogen-bond acceptors (Lipinski definition) is 7. The number of rotatable bonds is 8. The molecule has 2 aliphatic heterocycles. The van der Waals surface area contributed by atoms with Crippen molar-refractivity contribution in [3.63, 3.8) is 0 Å². The number of carbonyl (C=O) groups excluding carboxylic acids is 1. The number of fused-ring (bicyclic) bond motifs is 1. The van der Waals surface area contributed by atoms with Gasteiger partial charge in [0.1, 0.15) is 0 Å². The van der Waals surface area contributed by atoms with Crippen molar-refractivity contribution in [1.29, 1.82) is 0 Å². The van der Waals surface area contributed by atoms with Crippen molar-refractivity contribution in [3.8, 4) is 0 Å². The quantitative estimate of drug-likeness (QED) is 0.424. The maximum absolute atomic E-state index is 13.7. The summed E-state index contributed by atoms with van der Waals surface area (Å²) in [5.41, 5.74) is 1.32. The Balaban J connectivity index is 1.36. The van der Waals surface area contributed by atoms with Crippen molar-refractivity contribution < 1.29 is 17.9 Å². The third kappa shape index (κ3) is 5.88. The Hall–Kier alpha value is -2.37. The van der Waals surface area contributed by atoms with E-state index in [9.17, 15) is 13.2 Å². The molecule has 1 amide bonds. The number of carbonyl (C=O) groups is 1. The van der Waals surface area contributed by atoms with Crippen LogP contribution in [0.5, 0.6) is 0 Å². The van der Waals surface area contributed by atoms with Crippen molar-refractivity contribution in [2.45, 2.75) is 43.5 Å². The van der Waals surface area contributed by atoms with Gasteiger partial charge in [0.15, 0.2) is 5.13 Å². The molecule has 198 valence electrons. The van der Waals surface area contributed by atoms with Gasteiger partial charge in [-0.05, 0) is 62.6 Å². The van der Waals surface area contributed by atoms with Crippen LogP contribution in [0.2, 0.25) is 0 Å². The number of hydrogen-bond donors (Lipinski definition) is 0. The van der Waals surface area contributed by atoms with Gasteiger partial charge in [0.05, 0.1) is 28.3 Å². The Morgan fingerprint density at radius 2 is 1.84 bits per heavy atom. The Kier molecular flexibility index (Phi) is 8.21. The third-order valence-corrected chi connectivity index (χ3v) is 10.3. The maximum atomic E-state index is 13.7. The van der Waals surface area contributed by atoms with Gasteiger partial charge in [-0.15, -0.1) is 0 Å². The number of piperidine rings is 1. The normalized spacial score (nSPS) is 19.8. The van der Waals surface area contributed by atoms with Gasteiger partial charge in [0.2, 0.25) is 10.0 Å². The van der Waals surface area contributed by atoms with Gasteiger partial charge in [-0.3, -0.25) is 14.6 Å². The fraction of sp³-hybridized carbons (Fsp3) is 0.481. The molecule has 10 heteroatoms. The Labute approximate surface area is 222 Å². The first-order valence-corrected chi connectivity index (χ1v) is 15.3. The largest absolute Gasteiger partial charge is 0.379 e. The first kappa shape index (κ1) is 26.2. The van der Waals surface area contributed by atoms with Crippen molar-refractivity contribution in [1.82, 2.24) is 14.2 Å². The number of amides is 1. The van der Waals surface area contributed by atoms with Crippen LogP contribution in [-0.4, -0.2) is 80.5 Å². The molecule has 2 aliphatic rings. The fourth-order valence-electron chi connectivity index (χ4n) is 5.03. The minimum atomic E-state index is -3.59. The van der Waals surface area contributed by atoms with E-state index in [0.29, 0.717) is 23.8 Å². The van der Waals surface area contributed by atoms with Gasteiger partial charge in [-0.1, -0.05) is 29.9 Å². The highest BCUT2D eigenvalue weighted by molar-refractivity contribution is 7.89. The molecule has 0 radical (unpaired) electrons. The first-order chi connectivity index (χ1) is 17.9. The second-order valence-electron chi connectivity index (χ2n) is 9.71. The third-order valence-electron chi connectivity index (χ3n) is 7.17. The lowest BCUT2D eigenvalue weighted by atomic mass is 10.1. The molecular weight excluding hydrogens is 508 g/mol. The summed E-state index contributed by atoms with van der Waals surface area (Å²) in [6, 6.07) is 14.2. The van der Waals surface area contributed by atoms with E-state index in [2.05, 4.69) is 4.90 Å². The fourth-order valence-corrected chi connectivity index (χ4v) is 7.72. The van der Waals surface area contributed by atoms with Gasteiger partial charge in [-0.25, -0.2) is 13.4 Å². The number of ether oxygens (including phenoxy) is 1. The number of anilines is 1. The molecule has 37 heavy (non-hydrogen) atoms. The minimum absolute atomic E-state index is 0.0129. The lowest BCUT2D eigenvalue weighted by molar-refractivity contribution is 0.0376. The number of benzene rings is 2. The van der Waals surface area contributed by atoms with Gasteiger partial charge in [-0.2, -0.15) is 4.31 Å². The number of nitrogens with zero attached hydrogens (tertiary/aromatic N) is 4. The van der Waals surface area contributed by atoms with Crippen LogP contribution in [-0.2, 0) is 14.8 Å². The summed E-state index contributed by atoms with van der Waals surface area (Å²) in [5, 5.41) is 0.659. The molecule has 0 aliphatic carbocycles. The van der Waals surface area contributed by atoms with E-state index in [1.165, 1.54) is 11.3 Å². The van der Waals surface area contributed by atoms with E-state index >= 15 is 0 Å². The minimum Gasteiger partial charge on any atom is -0.379 e. The molecule has 8 nitrogen and oxygen atoms in total. The van der Waals surface area contributed by atoms with Crippen LogP contribution in [0.4, 0.5) is 5.13 Å². The lowest BCUT2D eigenvalue weighted by Crippen LogP contribution is -2.41. The molecule has 0 N–H and O–H groups in total. The summed E-state index contributed by atoms with van der Waals surface area (Å²) >= 11 is 1.50. The summed E-state index contributed by atoms with van der Waals surface area (Å²) < 4.78 is 34.5. The predicted octanol–water partition coefficient (Wildman–Crippen LogP) is 4.23. The summed E-state index contributed by atoms with van der Waals surface area (Å²) in [6.07, 6.45) is 3.61. The lowest BCUT2D eigenvalue weighted by Gasteiger charge is -2.32. The molecule has 3 heterocycles. The molecule has 3 aromatic rings. The molecular formula is C27H34N4O4S2. The summed E-state index contributed by atoms with van der Waals surface area (Å²) in [4.78, 5) is 22.8. The summed E-state index contributed by atoms with van der Waals surface area (Å²) in [6.45, 7) is 7.20. The number of sulfonamides is 1. The number of thiazole rings is 1. The van der Waals surface area contributed by atoms with Crippen molar-refractivity contribution in [2.24, 2.45) is 0 Å². The number of para-hydroxylation sites is 1. The van der Waals surface area contributed by atoms with Crippen LogP contribution in [0.3, 0.4) is 0 Å². The first-order valence-electron chi connectivity index (χ1n) is 13.0. The summed E-state index contributed by atoms with van der Waals surface area (Å²) in [7, 11) is -3.59. The van der Waals surface area contributed by atoms with E-state index in [0.717, 1.165) is 68.7 Å². The molecule has 5 rings (SSSR count). The van der Waals surface area contributed by atoms with Crippen molar-refractivity contribution in [2.75, 3.05) is 50.8 Å². The van der Waals surface area contributed by atoms with E-state index < -0.39 is 10.0 Å². The predicted molar refractivity (Wildman–Crippen MR) is 147 cm³/mol. The second-order valence-corrected chi connectivity index (χ2v) is 12.6. The van der Waals surface area contributed by atoms with Gasteiger partial charge < -0.3 is 4.74 Å². The van der Waals surface area contributed by atoms with Crippen LogP contribution in [0, 0.1) is 0 Å². The van der Waals surface area contributed by atoms with Gasteiger partial charge >= 0.3 is 0 Å². The highest BCUT2D eigenvalue weighted by Gasteiger charge is 2.31. The molecule has 1 atom stereocenters. The number of aromatic nitrogens is 1. The van der Waals surface area contributed by atoms with Crippen LogP contribution in [0.25, 0.3) is 10.2 Å². The van der Waals surface area contributed by atoms with Gasteiger partial charge in [0, 0.05) is 44.3 Å². The van der Waals surface area contributed by atoms with Gasteiger partial charge in [0.25, 0.3) is 5.91 Å². The highest BCUT2D eigenvalue weighted by Crippen LogP contribution is 2.30. The van der Waals surface area contributed by atoms with E-state index in [1.54, 1.807) is 33.5 Å². The van der Waals surface area contributed by atoms with E-state index in [1.807, 2.05) is 31.2 Å². The second kappa shape index (κ2) is 11.6. The Morgan fingerprint density at radius 3 is 2.57 bits per heavy atom. The Bertz CT molecular complexity index is 1290. The molecule has 2 saturated heterocycles. The molecule has 0 bridgehead atoms. The highest BCUT2D eigenvalue weighted by atomic mass is 32.2.